The third-order valence-electron chi connectivity index (χ3n) is 20.7. The first-order chi connectivity index (χ1) is 53.7. The third-order valence-corrected chi connectivity index (χ3v) is 20.7. The Balaban J connectivity index is 1.40. The van der Waals surface area contributed by atoms with E-state index in [1.54, 1.807) is 18.2 Å². The molecular formula is C96H113BN2. The van der Waals surface area contributed by atoms with Gasteiger partial charge >= 0.3 is 0 Å². The Bertz CT molecular complexity index is 5130. The molecule has 0 unspecified atom stereocenters. The molecule has 10 aromatic carbocycles. The lowest BCUT2D eigenvalue weighted by molar-refractivity contribution is 0.807. The summed E-state index contributed by atoms with van der Waals surface area (Å²) in [7, 11) is 0. The van der Waals surface area contributed by atoms with Crippen molar-refractivity contribution in [1.82, 2.24) is 0 Å². The molecule has 3 heteroatoms. The van der Waals surface area contributed by atoms with Crippen molar-refractivity contribution in [3.8, 4) is 55.6 Å². The molecule has 0 saturated carbocycles. The van der Waals surface area contributed by atoms with E-state index < -0.39 is 67.1 Å². The number of benzene rings is 10. The van der Waals surface area contributed by atoms with Crippen molar-refractivity contribution in [3.05, 3.63) is 242 Å². The van der Waals surface area contributed by atoms with E-state index in [0.717, 1.165) is 66.8 Å². The van der Waals surface area contributed by atoms with E-state index in [-0.39, 0.29) is 191 Å². The molecule has 2 heterocycles. The average molecular weight is 1320 g/mol. The van der Waals surface area contributed by atoms with Crippen LogP contribution < -0.4 is 26.2 Å². The van der Waals surface area contributed by atoms with E-state index in [0.29, 0.717) is 22.3 Å². The van der Waals surface area contributed by atoms with Crippen molar-refractivity contribution in [2.24, 2.45) is 0 Å². The zero-order chi connectivity index (χ0) is 85.0. The van der Waals surface area contributed by atoms with Gasteiger partial charge in [-0.2, -0.15) is 0 Å². The van der Waals surface area contributed by atoms with Gasteiger partial charge in [-0.1, -0.05) is 293 Å². The van der Waals surface area contributed by atoms with Crippen LogP contribution in [0.15, 0.2) is 176 Å². The minimum atomic E-state index is -1.52. The summed E-state index contributed by atoms with van der Waals surface area (Å²) in [6.45, 7) is 48.2. The molecule has 0 aromatic heterocycles. The van der Waals surface area contributed by atoms with Crippen molar-refractivity contribution in [2.75, 3.05) is 9.80 Å². The molecule has 12 rings (SSSR count). The summed E-state index contributed by atoms with van der Waals surface area (Å²) in [6.07, 6.45) is 0. The summed E-state index contributed by atoms with van der Waals surface area (Å²) in [5.74, 6) is -1.14. The average Bonchev–Trinajstić information content (AvgIpc) is 0.670. The fourth-order valence-electron chi connectivity index (χ4n) is 15.0. The molecule has 0 fully saturated rings. The first kappa shape index (κ1) is 52.8. The minimum Gasteiger partial charge on any atom is -0.311 e. The molecule has 99 heavy (non-hydrogen) atoms. The zero-order valence-electron chi connectivity index (χ0n) is 79.4. The number of rotatable bonds is 19. The molecule has 0 amide bonds. The van der Waals surface area contributed by atoms with Gasteiger partial charge in [0.05, 0.1) is 21.9 Å². The standard InChI is InChI=1S/C96H113BN2/c1-54(2)71-42-78(58(9)10)92(79(43-71)59(11)12)67-30-36-76(37-31-67)98-88-40-34-69(94-82(62(17)18)46-73(56(5)6)47-83(94)63(19)20)50-86(88)97-87-51-70(95-84(64(21)22)48-74(57(7)8)49-85(95)65(23)24)35-41-89(87)99(91-53-75(52-90(98)96(91)97)66-28-26-25-27-29-66)77-38-32-68(33-39-77)93-80(60(13)14)44-72(55(3)4)45-81(93)61(15)16/h25-65H,1-24H3/i28D,29D,30D,31D,32D,33D,34D,35D,36D,37D,38D,39D,40D,41D,50D,51D. The van der Waals surface area contributed by atoms with Crippen molar-refractivity contribution in [3.63, 3.8) is 0 Å². The largest absolute Gasteiger partial charge is 0.311 e. The van der Waals surface area contributed by atoms with Gasteiger partial charge < -0.3 is 9.80 Å². The topological polar surface area (TPSA) is 6.48 Å². The van der Waals surface area contributed by atoms with Crippen LogP contribution in [0.4, 0.5) is 34.1 Å². The van der Waals surface area contributed by atoms with Gasteiger partial charge in [-0.25, -0.2) is 0 Å². The van der Waals surface area contributed by atoms with Crippen molar-refractivity contribution < 1.29 is 21.9 Å². The Hall–Kier alpha value is -8.14. The van der Waals surface area contributed by atoms with Gasteiger partial charge in [0.2, 0.25) is 0 Å². The Morgan fingerprint density at radius 1 is 0.242 bits per heavy atom. The minimum absolute atomic E-state index is 0.00526. The molecule has 2 nitrogen and oxygen atoms in total. The van der Waals surface area contributed by atoms with Gasteiger partial charge in [-0.05, 0) is 258 Å². The molecule has 0 N–H and O–H groups in total. The number of anilines is 6. The van der Waals surface area contributed by atoms with Gasteiger partial charge in [0.1, 0.15) is 0 Å². The van der Waals surface area contributed by atoms with Crippen molar-refractivity contribution in [2.45, 2.75) is 237 Å². The molecule has 0 saturated heterocycles. The van der Waals surface area contributed by atoms with Crippen LogP contribution in [0.5, 0.6) is 0 Å². The normalized spacial score (nSPS) is 15.3. The molecule has 0 bridgehead atoms. The van der Waals surface area contributed by atoms with Crippen molar-refractivity contribution >= 4 is 57.2 Å². The van der Waals surface area contributed by atoms with E-state index >= 15 is 0 Å². The maximum Gasteiger partial charge on any atom is 0.252 e. The Morgan fingerprint density at radius 2 is 0.495 bits per heavy atom. The summed E-state index contributed by atoms with van der Waals surface area (Å²) in [4.78, 5) is 2.87. The second-order valence-corrected chi connectivity index (χ2v) is 31.8. The summed E-state index contributed by atoms with van der Waals surface area (Å²) >= 11 is 0. The number of hydrogen-bond donors (Lipinski definition) is 0. The molecule has 2 aliphatic heterocycles. The highest BCUT2D eigenvalue weighted by atomic mass is 15.2. The highest BCUT2D eigenvalue weighted by Crippen LogP contribution is 2.51. The van der Waals surface area contributed by atoms with Crippen LogP contribution in [0.2, 0.25) is 0 Å². The lowest BCUT2D eigenvalue weighted by Gasteiger charge is -2.45. The van der Waals surface area contributed by atoms with Crippen LogP contribution >= 0.6 is 0 Å². The molecule has 0 aliphatic carbocycles. The molecule has 2 aliphatic rings. The number of nitrogens with zero attached hydrogens (tertiary/aromatic N) is 2. The summed E-state index contributed by atoms with van der Waals surface area (Å²) < 4.78 is 173. The predicted molar refractivity (Wildman–Crippen MR) is 437 cm³/mol. The first-order valence-electron chi connectivity index (χ1n) is 44.8. The third kappa shape index (κ3) is 13.1. The van der Waals surface area contributed by atoms with Gasteiger partial charge in [-0.15, -0.1) is 0 Å². The van der Waals surface area contributed by atoms with E-state index in [4.69, 9.17) is 0 Å². The van der Waals surface area contributed by atoms with Gasteiger partial charge in [0.25, 0.3) is 6.71 Å². The fourth-order valence-corrected chi connectivity index (χ4v) is 15.0. The maximum atomic E-state index is 11.6. The summed E-state index contributed by atoms with van der Waals surface area (Å²) in [5, 5.41) is 0. The van der Waals surface area contributed by atoms with Crippen LogP contribution in [-0.2, 0) is 0 Å². The molecule has 0 radical (unpaired) electrons. The summed E-state index contributed by atoms with van der Waals surface area (Å²) in [5.41, 5.74) is 12.5. The molecular weight excluding hydrogens is 1190 g/mol. The van der Waals surface area contributed by atoms with E-state index in [1.165, 1.54) is 21.9 Å². The SMILES string of the molecule is [2H]c1cccc([2H])c1-c1cc2c3c(c1)N(c1c([2H])c([2H])c(-c4c(C(C)C)cc(C(C)C)cc4C(C)C)c([2H])c1[2H])c1c([2H])c([2H])c(-c4c(C(C)C)cc(C(C)C)cc4C(C)C)c([2H])c1B3c1c([2H])c(-c3c(C(C)C)cc(C(C)C)cc3C(C)C)c([2H])c([2H])c1N2c1c([2H])c([2H])c(-c2c(C(C)C)cc(C(C)C)cc2C(C)C)c([2H])c1[2H]. The Kier molecular flexibility index (Phi) is 15.0. The molecule has 0 spiro atoms. The van der Waals surface area contributed by atoms with E-state index in [9.17, 15) is 21.9 Å². The smallest absolute Gasteiger partial charge is 0.252 e. The van der Waals surface area contributed by atoms with Crippen molar-refractivity contribution in [1.29, 1.82) is 0 Å². The van der Waals surface area contributed by atoms with Crippen LogP contribution in [0.25, 0.3) is 55.6 Å². The monoisotopic (exact) mass is 1320 g/mol. The van der Waals surface area contributed by atoms with E-state index in [2.05, 4.69) is 159 Å². The lowest BCUT2D eigenvalue weighted by Crippen LogP contribution is -2.61. The Labute approximate surface area is 621 Å². The van der Waals surface area contributed by atoms with Crippen LogP contribution in [0.3, 0.4) is 0 Å². The Morgan fingerprint density at radius 3 is 0.747 bits per heavy atom. The quantitative estimate of drug-likeness (QED) is 0.0745. The lowest BCUT2D eigenvalue weighted by atomic mass is 9.33. The second-order valence-electron chi connectivity index (χ2n) is 31.8. The highest BCUT2D eigenvalue weighted by Gasteiger charge is 2.45. The summed E-state index contributed by atoms with van der Waals surface area (Å²) in [6, 6.07) is 18.5. The highest BCUT2D eigenvalue weighted by molar-refractivity contribution is 7.00. The zero-order valence-corrected chi connectivity index (χ0v) is 63.4. The first-order valence-corrected chi connectivity index (χ1v) is 36.8. The fraction of sp³-hybridized carbons (Fsp3) is 0.375. The number of hydrogen-bond acceptors (Lipinski definition) is 2. The van der Waals surface area contributed by atoms with Crippen LogP contribution in [0, 0.1) is 0 Å². The molecule has 10 aromatic rings. The number of fused-ring (bicyclic) bond motifs is 4. The van der Waals surface area contributed by atoms with Gasteiger partial charge in [-0.3, -0.25) is 0 Å². The van der Waals surface area contributed by atoms with Crippen LogP contribution in [0.1, 0.15) is 326 Å². The maximum absolute atomic E-state index is 11.6. The predicted octanol–water partition coefficient (Wildman–Crippen LogP) is 27.6. The van der Waals surface area contributed by atoms with Gasteiger partial charge in [0.15, 0.2) is 0 Å². The molecule has 0 atom stereocenters. The van der Waals surface area contributed by atoms with Crippen LogP contribution in [-0.4, -0.2) is 6.71 Å². The van der Waals surface area contributed by atoms with E-state index in [1.807, 2.05) is 55.4 Å². The molecule has 510 valence electrons. The second kappa shape index (κ2) is 28.1. The van der Waals surface area contributed by atoms with Gasteiger partial charge in [0, 0.05) is 34.1 Å².